The van der Waals surface area contributed by atoms with Gasteiger partial charge in [0, 0.05) is 20.2 Å². The highest BCUT2D eigenvalue weighted by atomic mass is 79.9. The number of hydrogen-bond acceptors (Lipinski definition) is 3. The van der Waals surface area contributed by atoms with Crippen molar-refractivity contribution >= 4 is 65.0 Å². The number of carbonyl (C=O) groups is 1. The Labute approximate surface area is 199 Å². The summed E-state index contributed by atoms with van der Waals surface area (Å²) < 4.78 is 43.7. The largest absolute Gasteiger partial charge is 0.433 e. The van der Waals surface area contributed by atoms with Crippen molar-refractivity contribution in [1.82, 2.24) is 14.6 Å². The standard InChI is InChI=1S/C20H10Br3F3N4O/c21-11-3-1-10(2-4-11)14-9-15(20(24,25)26)30-18(28-14)16(23)17(29-30)19(31)27-13-7-5-12(22)6-8-13/h1-9H,(H,27,31). The summed E-state index contributed by atoms with van der Waals surface area (Å²) in [5.74, 6) is -0.669. The number of carbonyl (C=O) groups excluding carboxylic acids is 1. The number of alkyl halides is 3. The molecule has 0 fully saturated rings. The number of benzene rings is 2. The number of fused-ring (bicyclic) bond motifs is 1. The second-order valence-electron chi connectivity index (χ2n) is 6.39. The maximum absolute atomic E-state index is 13.8. The van der Waals surface area contributed by atoms with Crippen molar-refractivity contribution in [3.05, 3.63) is 79.4 Å². The van der Waals surface area contributed by atoms with Crippen molar-refractivity contribution in [3.63, 3.8) is 0 Å². The molecule has 1 N–H and O–H groups in total. The number of hydrogen-bond donors (Lipinski definition) is 1. The lowest BCUT2D eigenvalue weighted by Gasteiger charge is -2.11. The van der Waals surface area contributed by atoms with Gasteiger partial charge in [-0.3, -0.25) is 4.79 Å². The molecule has 0 aliphatic rings. The monoisotopic (exact) mass is 616 g/mol. The zero-order chi connectivity index (χ0) is 22.3. The highest BCUT2D eigenvalue weighted by molar-refractivity contribution is 9.11. The summed E-state index contributed by atoms with van der Waals surface area (Å²) in [5, 5.41) is 6.52. The topological polar surface area (TPSA) is 59.3 Å². The minimum atomic E-state index is -4.71. The Morgan fingerprint density at radius 2 is 1.52 bits per heavy atom. The van der Waals surface area contributed by atoms with Crippen LogP contribution < -0.4 is 5.32 Å². The Hall–Kier alpha value is -2.24. The first-order chi connectivity index (χ1) is 14.6. The Morgan fingerprint density at radius 1 is 0.935 bits per heavy atom. The van der Waals surface area contributed by atoms with Crippen molar-refractivity contribution in [3.8, 4) is 11.3 Å². The molecule has 5 nitrogen and oxygen atoms in total. The van der Waals surface area contributed by atoms with Crippen LogP contribution in [0.15, 0.2) is 68.0 Å². The Balaban J connectivity index is 1.83. The third-order valence-corrected chi connectivity index (χ3v) is 6.07. The average molecular weight is 619 g/mol. The Bertz CT molecular complexity index is 1290. The maximum Gasteiger partial charge on any atom is 0.433 e. The molecule has 0 bridgehead atoms. The normalized spacial score (nSPS) is 11.7. The molecule has 0 aliphatic carbocycles. The van der Waals surface area contributed by atoms with Crippen LogP contribution >= 0.6 is 47.8 Å². The fourth-order valence-corrected chi connectivity index (χ4v) is 3.88. The molecule has 0 aliphatic heterocycles. The van der Waals surface area contributed by atoms with E-state index in [0.717, 1.165) is 15.0 Å². The molecule has 2 aromatic heterocycles. The summed E-state index contributed by atoms with van der Waals surface area (Å²) >= 11 is 9.80. The minimum absolute atomic E-state index is 0.0616. The van der Waals surface area contributed by atoms with E-state index < -0.39 is 17.8 Å². The highest BCUT2D eigenvalue weighted by Gasteiger charge is 2.36. The van der Waals surface area contributed by atoms with Gasteiger partial charge in [-0.15, -0.1) is 0 Å². The first-order valence-electron chi connectivity index (χ1n) is 8.63. The van der Waals surface area contributed by atoms with Crippen LogP contribution in [0.3, 0.4) is 0 Å². The molecule has 4 aromatic rings. The molecule has 31 heavy (non-hydrogen) atoms. The van der Waals surface area contributed by atoms with Gasteiger partial charge in [0.15, 0.2) is 17.0 Å². The summed E-state index contributed by atoms with van der Waals surface area (Å²) in [7, 11) is 0. The van der Waals surface area contributed by atoms with Gasteiger partial charge in [-0.05, 0) is 58.4 Å². The molecule has 11 heteroatoms. The zero-order valence-corrected chi connectivity index (χ0v) is 20.0. The van der Waals surface area contributed by atoms with E-state index in [2.05, 4.69) is 63.2 Å². The van der Waals surface area contributed by atoms with E-state index in [0.29, 0.717) is 15.8 Å². The molecule has 158 valence electrons. The number of anilines is 1. The Morgan fingerprint density at radius 3 is 2.10 bits per heavy atom. The zero-order valence-electron chi connectivity index (χ0n) is 15.2. The predicted molar refractivity (Wildman–Crippen MR) is 121 cm³/mol. The molecular formula is C20H10Br3F3N4O. The summed E-state index contributed by atoms with van der Waals surface area (Å²) in [6.07, 6.45) is -4.71. The lowest BCUT2D eigenvalue weighted by molar-refractivity contribution is -0.142. The predicted octanol–water partition coefficient (Wildman–Crippen LogP) is 6.95. The van der Waals surface area contributed by atoms with Gasteiger partial charge in [0.1, 0.15) is 0 Å². The number of amides is 1. The molecule has 0 saturated heterocycles. The summed E-state index contributed by atoms with van der Waals surface area (Å²) in [5.41, 5.74) is -0.309. The van der Waals surface area contributed by atoms with E-state index in [9.17, 15) is 18.0 Å². The molecule has 1 amide bonds. The minimum Gasteiger partial charge on any atom is -0.321 e. The lowest BCUT2D eigenvalue weighted by Crippen LogP contribution is -2.15. The first kappa shape index (κ1) is 22.0. The molecule has 0 spiro atoms. The van der Waals surface area contributed by atoms with Crippen molar-refractivity contribution in [2.45, 2.75) is 6.18 Å². The molecular weight excluding hydrogens is 609 g/mol. The van der Waals surface area contributed by atoms with Crippen molar-refractivity contribution in [2.75, 3.05) is 5.32 Å². The molecule has 4 rings (SSSR count). The van der Waals surface area contributed by atoms with E-state index in [1.54, 1.807) is 48.5 Å². The number of aromatic nitrogens is 3. The van der Waals surface area contributed by atoms with Crippen LogP contribution in [0, 0.1) is 0 Å². The van der Waals surface area contributed by atoms with E-state index in [1.807, 2.05) is 0 Å². The van der Waals surface area contributed by atoms with Crippen LogP contribution in [0.1, 0.15) is 16.2 Å². The van der Waals surface area contributed by atoms with Crippen molar-refractivity contribution in [2.24, 2.45) is 0 Å². The van der Waals surface area contributed by atoms with Crippen LogP contribution in [-0.2, 0) is 6.18 Å². The van der Waals surface area contributed by atoms with Crippen LogP contribution in [0.2, 0.25) is 0 Å². The van der Waals surface area contributed by atoms with Crippen LogP contribution in [0.4, 0.5) is 18.9 Å². The molecule has 2 aromatic carbocycles. The van der Waals surface area contributed by atoms with Crippen LogP contribution in [0.25, 0.3) is 16.9 Å². The SMILES string of the molecule is O=C(Nc1ccc(Br)cc1)c1nn2c(C(F)(F)F)cc(-c3ccc(Br)cc3)nc2c1Br. The summed E-state index contributed by atoms with van der Waals surface area (Å²) in [6.45, 7) is 0. The second kappa shape index (κ2) is 8.36. The van der Waals surface area contributed by atoms with Crippen LogP contribution in [-0.4, -0.2) is 20.5 Å². The number of nitrogens with one attached hydrogen (secondary N) is 1. The van der Waals surface area contributed by atoms with Crippen LogP contribution in [0.5, 0.6) is 0 Å². The average Bonchev–Trinajstić information content (AvgIpc) is 3.05. The van der Waals surface area contributed by atoms with Gasteiger partial charge in [-0.25, -0.2) is 9.50 Å². The number of halogens is 6. The third-order valence-electron chi connectivity index (χ3n) is 4.28. The molecule has 0 radical (unpaired) electrons. The number of nitrogens with zero attached hydrogens (tertiary/aromatic N) is 3. The van der Waals surface area contributed by atoms with E-state index in [4.69, 9.17) is 0 Å². The highest BCUT2D eigenvalue weighted by Crippen LogP contribution is 2.35. The molecule has 2 heterocycles. The first-order valence-corrected chi connectivity index (χ1v) is 11.0. The van der Waals surface area contributed by atoms with Gasteiger partial charge in [-0.1, -0.05) is 44.0 Å². The molecule has 0 atom stereocenters. The van der Waals surface area contributed by atoms with Gasteiger partial charge in [0.05, 0.1) is 10.2 Å². The summed E-state index contributed by atoms with van der Waals surface area (Å²) in [4.78, 5) is 17.0. The van der Waals surface area contributed by atoms with E-state index in [1.165, 1.54) is 0 Å². The fraction of sp³-hybridized carbons (Fsp3) is 0.0500. The van der Waals surface area contributed by atoms with Crippen molar-refractivity contribution in [1.29, 1.82) is 0 Å². The molecule has 0 saturated carbocycles. The van der Waals surface area contributed by atoms with Gasteiger partial charge in [0.2, 0.25) is 0 Å². The Kier molecular flexibility index (Phi) is 5.93. The smallest absolute Gasteiger partial charge is 0.321 e. The lowest BCUT2D eigenvalue weighted by atomic mass is 10.1. The maximum atomic E-state index is 13.8. The van der Waals surface area contributed by atoms with Crippen molar-refractivity contribution < 1.29 is 18.0 Å². The summed E-state index contributed by atoms with van der Waals surface area (Å²) in [6, 6.07) is 14.4. The van der Waals surface area contributed by atoms with Gasteiger partial charge in [-0.2, -0.15) is 18.3 Å². The third kappa shape index (κ3) is 4.53. The second-order valence-corrected chi connectivity index (χ2v) is 9.01. The molecule has 0 unspecified atom stereocenters. The fourth-order valence-electron chi connectivity index (χ4n) is 2.83. The quantitative estimate of drug-likeness (QED) is 0.270. The van der Waals surface area contributed by atoms with Gasteiger partial charge >= 0.3 is 6.18 Å². The van der Waals surface area contributed by atoms with Gasteiger partial charge in [0.25, 0.3) is 5.91 Å². The number of rotatable bonds is 3. The van der Waals surface area contributed by atoms with E-state index in [-0.39, 0.29) is 21.5 Å². The van der Waals surface area contributed by atoms with E-state index >= 15 is 0 Å². The van der Waals surface area contributed by atoms with Gasteiger partial charge < -0.3 is 5.32 Å².